The van der Waals surface area contributed by atoms with Crippen molar-refractivity contribution in [2.24, 2.45) is 0 Å². The molecule has 0 saturated carbocycles. The molecule has 0 fully saturated rings. The minimum absolute atomic E-state index is 0.360. The molecule has 7 nitrogen and oxygen atoms in total. The number of anilines is 1. The molecule has 0 aliphatic carbocycles. The second-order valence-electron chi connectivity index (χ2n) is 6.80. The molecule has 0 radical (unpaired) electrons. The summed E-state index contributed by atoms with van der Waals surface area (Å²) in [6.45, 7) is 0. The Morgan fingerprint density at radius 2 is 1.75 bits per heavy atom. The van der Waals surface area contributed by atoms with Crippen LogP contribution in [-0.2, 0) is 14.3 Å². The molecule has 0 aliphatic heterocycles. The van der Waals surface area contributed by atoms with Gasteiger partial charge in [-0.1, -0.05) is 18.2 Å². The molecular weight excluding hydrogens is 542 g/mol. The molecule has 162 valence electrons. The summed E-state index contributed by atoms with van der Waals surface area (Å²) in [4.78, 5) is 23.2. The number of carbonyl (C=O) groups is 2. The first-order valence-corrected chi connectivity index (χ1v) is 11.1. The number of hydrogen-bond acceptors (Lipinski definition) is 5. The number of amides is 1. The number of nitrogens with one attached hydrogen (secondary N) is 1. The monoisotopic (exact) mass is 557 g/mol. The van der Waals surface area contributed by atoms with Gasteiger partial charge in [0.1, 0.15) is 12.2 Å². The van der Waals surface area contributed by atoms with Crippen molar-refractivity contribution in [3.8, 4) is 17.2 Å². The molecule has 1 amide bonds. The van der Waals surface area contributed by atoms with E-state index in [0.29, 0.717) is 26.1 Å². The van der Waals surface area contributed by atoms with Crippen molar-refractivity contribution in [1.82, 2.24) is 9.78 Å². The number of fused-ring (bicyclic) bond motifs is 1. The summed E-state index contributed by atoms with van der Waals surface area (Å²) in [7, 11) is 1.24. The molecule has 0 saturated heterocycles. The van der Waals surface area contributed by atoms with Crippen LogP contribution in [0.15, 0.2) is 75.8 Å². The molecule has 1 heterocycles. The van der Waals surface area contributed by atoms with E-state index in [4.69, 9.17) is 4.74 Å². The number of nitrogens with zero attached hydrogens (tertiary/aromatic N) is 2. The number of benzene rings is 3. The summed E-state index contributed by atoms with van der Waals surface area (Å²) in [6.07, 6.45) is 1.59. The van der Waals surface area contributed by atoms with E-state index in [9.17, 15) is 9.59 Å². The molecule has 1 aromatic heterocycles. The van der Waals surface area contributed by atoms with Crippen molar-refractivity contribution >= 4 is 60.3 Å². The standard InChI is InChI=1S/C23H17Br2N3O4/c1-31-22(30)12-21(29)26-15-10-18(24)23(19(25)11-15)32-17-7-8-20-14(9-17)13-28(27-20)16-5-3-2-4-6-16/h2-11,13H,12H2,1H3,(H,26,29). The van der Waals surface area contributed by atoms with Crippen LogP contribution in [0.2, 0.25) is 0 Å². The quantitative estimate of drug-likeness (QED) is 0.237. The number of esters is 1. The molecular formula is C23H17Br2N3O4. The second-order valence-corrected chi connectivity index (χ2v) is 8.51. The maximum atomic E-state index is 11.9. The lowest BCUT2D eigenvalue weighted by molar-refractivity contribution is -0.142. The van der Waals surface area contributed by atoms with E-state index in [1.54, 1.807) is 12.1 Å². The topological polar surface area (TPSA) is 82.5 Å². The SMILES string of the molecule is COC(=O)CC(=O)Nc1cc(Br)c(Oc2ccc3nn(-c4ccccc4)cc3c2)c(Br)c1. The summed E-state index contributed by atoms with van der Waals surface area (Å²) >= 11 is 6.96. The minimum Gasteiger partial charge on any atom is -0.469 e. The Labute approximate surface area is 200 Å². The Morgan fingerprint density at radius 3 is 2.44 bits per heavy atom. The molecule has 4 aromatic rings. The minimum atomic E-state index is -0.605. The molecule has 9 heteroatoms. The molecule has 4 rings (SSSR count). The van der Waals surface area contributed by atoms with Gasteiger partial charge in [-0.05, 0) is 74.3 Å². The van der Waals surface area contributed by atoms with Crippen LogP contribution >= 0.6 is 31.9 Å². The lowest BCUT2D eigenvalue weighted by Crippen LogP contribution is -2.17. The Morgan fingerprint density at radius 1 is 1.03 bits per heavy atom. The zero-order chi connectivity index (χ0) is 22.7. The molecule has 0 aliphatic rings. The van der Waals surface area contributed by atoms with Crippen LogP contribution in [0.5, 0.6) is 11.5 Å². The number of hydrogen-bond donors (Lipinski definition) is 1. The third kappa shape index (κ3) is 5.00. The molecule has 0 spiro atoms. The highest BCUT2D eigenvalue weighted by molar-refractivity contribution is 9.11. The first kappa shape index (κ1) is 22.0. The number of rotatable bonds is 6. The second kappa shape index (κ2) is 9.54. The average molecular weight is 559 g/mol. The van der Waals surface area contributed by atoms with Crippen molar-refractivity contribution in [3.05, 3.63) is 75.8 Å². The van der Waals surface area contributed by atoms with Gasteiger partial charge in [0, 0.05) is 17.3 Å². The van der Waals surface area contributed by atoms with Crippen LogP contribution in [-0.4, -0.2) is 28.8 Å². The highest BCUT2D eigenvalue weighted by Crippen LogP contribution is 2.39. The van der Waals surface area contributed by atoms with Gasteiger partial charge < -0.3 is 14.8 Å². The third-order valence-electron chi connectivity index (χ3n) is 4.53. The number of ether oxygens (including phenoxy) is 2. The fourth-order valence-electron chi connectivity index (χ4n) is 3.04. The van der Waals surface area contributed by atoms with Gasteiger partial charge in [0.25, 0.3) is 0 Å². The number of aromatic nitrogens is 2. The van der Waals surface area contributed by atoms with Crippen LogP contribution in [0, 0.1) is 0 Å². The van der Waals surface area contributed by atoms with E-state index < -0.39 is 11.9 Å². The Balaban J connectivity index is 1.54. The van der Waals surface area contributed by atoms with Gasteiger partial charge in [0.05, 0.1) is 27.3 Å². The van der Waals surface area contributed by atoms with Crippen molar-refractivity contribution in [2.75, 3.05) is 12.4 Å². The highest BCUT2D eigenvalue weighted by atomic mass is 79.9. The van der Waals surface area contributed by atoms with E-state index in [-0.39, 0.29) is 6.42 Å². The lowest BCUT2D eigenvalue weighted by Gasteiger charge is -2.12. The average Bonchev–Trinajstić information content (AvgIpc) is 3.20. The van der Waals surface area contributed by atoms with Gasteiger partial charge in [-0.2, -0.15) is 5.10 Å². The lowest BCUT2D eigenvalue weighted by atomic mass is 10.2. The fraction of sp³-hybridized carbons (Fsp3) is 0.0870. The van der Waals surface area contributed by atoms with Crippen LogP contribution in [0.3, 0.4) is 0 Å². The Bertz CT molecular complexity index is 1280. The zero-order valence-electron chi connectivity index (χ0n) is 16.8. The van der Waals surface area contributed by atoms with E-state index in [1.165, 1.54) is 7.11 Å². The Kier molecular flexibility index (Phi) is 6.57. The molecule has 0 atom stereocenters. The maximum Gasteiger partial charge on any atom is 0.315 e. The van der Waals surface area contributed by atoms with Crippen LogP contribution < -0.4 is 10.1 Å². The van der Waals surface area contributed by atoms with Crippen LogP contribution in [0.4, 0.5) is 5.69 Å². The summed E-state index contributed by atoms with van der Waals surface area (Å²) in [6, 6.07) is 18.9. The molecule has 32 heavy (non-hydrogen) atoms. The van der Waals surface area contributed by atoms with Gasteiger partial charge in [0.15, 0.2) is 5.75 Å². The molecule has 1 N–H and O–H groups in total. The normalized spacial score (nSPS) is 10.7. The van der Waals surface area contributed by atoms with Gasteiger partial charge >= 0.3 is 5.97 Å². The van der Waals surface area contributed by atoms with Crippen molar-refractivity contribution < 1.29 is 19.1 Å². The predicted octanol–water partition coefficient (Wildman–Crippen LogP) is 5.84. The van der Waals surface area contributed by atoms with Crippen LogP contribution in [0.25, 0.3) is 16.6 Å². The molecule has 0 bridgehead atoms. The number of halogens is 2. The van der Waals surface area contributed by atoms with E-state index in [1.807, 2.05) is 59.4 Å². The van der Waals surface area contributed by atoms with E-state index in [0.717, 1.165) is 16.6 Å². The fourth-order valence-corrected chi connectivity index (χ4v) is 4.38. The summed E-state index contributed by atoms with van der Waals surface area (Å²) in [5.74, 6) is 0.108. The summed E-state index contributed by atoms with van der Waals surface area (Å²) < 4.78 is 13.7. The van der Waals surface area contributed by atoms with Gasteiger partial charge in [-0.3, -0.25) is 9.59 Å². The Hall–Kier alpha value is -3.17. The van der Waals surface area contributed by atoms with Crippen molar-refractivity contribution in [2.45, 2.75) is 6.42 Å². The number of methoxy groups -OCH3 is 1. The maximum absolute atomic E-state index is 11.9. The van der Waals surface area contributed by atoms with Crippen molar-refractivity contribution in [3.63, 3.8) is 0 Å². The summed E-state index contributed by atoms with van der Waals surface area (Å²) in [5.41, 5.74) is 2.33. The van der Waals surface area contributed by atoms with Crippen LogP contribution in [0.1, 0.15) is 6.42 Å². The predicted molar refractivity (Wildman–Crippen MR) is 128 cm³/mol. The van der Waals surface area contributed by atoms with Gasteiger partial charge in [0.2, 0.25) is 5.91 Å². The first-order valence-electron chi connectivity index (χ1n) is 9.51. The third-order valence-corrected chi connectivity index (χ3v) is 5.71. The summed E-state index contributed by atoms with van der Waals surface area (Å²) in [5, 5.41) is 8.19. The van der Waals surface area contributed by atoms with Crippen molar-refractivity contribution in [1.29, 1.82) is 0 Å². The van der Waals surface area contributed by atoms with Gasteiger partial charge in [-0.15, -0.1) is 0 Å². The smallest absolute Gasteiger partial charge is 0.315 e. The largest absolute Gasteiger partial charge is 0.469 e. The first-order chi connectivity index (χ1) is 15.4. The van der Waals surface area contributed by atoms with E-state index in [2.05, 4.69) is 47.0 Å². The highest BCUT2D eigenvalue weighted by Gasteiger charge is 2.14. The number of carbonyl (C=O) groups excluding carboxylic acids is 2. The molecule has 0 unspecified atom stereocenters. The zero-order valence-corrected chi connectivity index (χ0v) is 20.0. The molecule has 3 aromatic carbocycles. The number of para-hydroxylation sites is 1. The van der Waals surface area contributed by atoms with Gasteiger partial charge in [-0.25, -0.2) is 4.68 Å². The van der Waals surface area contributed by atoms with E-state index >= 15 is 0 Å².